The fourth-order valence-corrected chi connectivity index (χ4v) is 8.83. The molecule has 0 radical (unpaired) electrons. The summed E-state index contributed by atoms with van der Waals surface area (Å²) >= 11 is 0. The Morgan fingerprint density at radius 3 is 2.47 bits per heavy atom. The smallest absolute Gasteiger partial charge is 0.366 e. The molecular formula is C35H39BN8O8S. The third-order valence-corrected chi connectivity index (χ3v) is 12.2. The van der Waals surface area contributed by atoms with Crippen molar-refractivity contribution in [1.82, 2.24) is 29.4 Å². The Bertz CT molecular complexity index is 2080. The van der Waals surface area contributed by atoms with Crippen LogP contribution in [0.2, 0.25) is 0 Å². The molecule has 3 fully saturated rings. The third kappa shape index (κ3) is 7.88. The summed E-state index contributed by atoms with van der Waals surface area (Å²) in [6.45, 7) is 2.31. The zero-order valence-electron chi connectivity index (χ0n) is 29.0. The molecule has 1 saturated carbocycles. The van der Waals surface area contributed by atoms with Gasteiger partial charge in [0.15, 0.2) is 0 Å². The number of amides is 4. The van der Waals surface area contributed by atoms with Gasteiger partial charge in [0.1, 0.15) is 18.2 Å². The number of nitrogens with one attached hydrogen (secondary N) is 2. The van der Waals surface area contributed by atoms with Gasteiger partial charge in [-0.3, -0.25) is 34.3 Å². The van der Waals surface area contributed by atoms with Crippen LogP contribution in [0, 0.1) is 11.3 Å². The Kier molecular flexibility index (Phi) is 10.7. The van der Waals surface area contributed by atoms with Crippen LogP contribution in [0.4, 0.5) is 5.82 Å². The minimum Gasteiger partial charge on any atom is -0.562 e. The Morgan fingerprint density at radius 1 is 0.943 bits per heavy atom. The molecule has 1 unspecified atom stereocenters. The van der Waals surface area contributed by atoms with Crippen LogP contribution in [0.1, 0.15) is 64.8 Å². The number of imide groups is 2. The maximum atomic E-state index is 13.1. The number of piperazine rings is 1. The van der Waals surface area contributed by atoms with Crippen LogP contribution in [0.15, 0.2) is 42.7 Å². The number of carbonyl (C=O) groups is 4. The van der Waals surface area contributed by atoms with E-state index in [0.717, 1.165) is 47.3 Å². The number of hydrogen-bond acceptors (Lipinski definition) is 13. The predicted molar refractivity (Wildman–Crippen MR) is 193 cm³/mol. The quantitative estimate of drug-likeness (QED) is 0.151. The van der Waals surface area contributed by atoms with Gasteiger partial charge in [0.2, 0.25) is 21.8 Å². The zero-order valence-corrected chi connectivity index (χ0v) is 29.8. The van der Waals surface area contributed by atoms with Crippen LogP contribution in [0.5, 0.6) is 5.75 Å². The lowest BCUT2D eigenvalue weighted by atomic mass is 9.89. The number of carbonyl (C=O) groups excluding carboxylic acids is 4. The van der Waals surface area contributed by atoms with Gasteiger partial charge in [-0.05, 0) is 68.5 Å². The van der Waals surface area contributed by atoms with Gasteiger partial charge < -0.3 is 14.7 Å². The molecule has 276 valence electrons. The molecule has 0 spiro atoms. The molecule has 4 amide bonds. The van der Waals surface area contributed by atoms with Gasteiger partial charge >= 0.3 is 7.48 Å². The molecule has 0 bridgehead atoms. The van der Waals surface area contributed by atoms with Crippen molar-refractivity contribution in [3.63, 3.8) is 0 Å². The minimum atomic E-state index is -3.51. The van der Waals surface area contributed by atoms with E-state index in [-0.39, 0.29) is 56.4 Å². The number of anilines is 1. The van der Waals surface area contributed by atoms with Crippen molar-refractivity contribution in [3.8, 4) is 11.8 Å². The second-order valence-corrected chi connectivity index (χ2v) is 15.7. The van der Waals surface area contributed by atoms with Crippen LogP contribution >= 0.6 is 0 Å². The molecule has 1 aliphatic carbocycles. The van der Waals surface area contributed by atoms with Gasteiger partial charge in [0.05, 0.1) is 52.9 Å². The van der Waals surface area contributed by atoms with E-state index in [4.69, 9.17) is 9.39 Å². The van der Waals surface area contributed by atoms with Gasteiger partial charge in [-0.15, -0.1) is 0 Å². The molecule has 18 heteroatoms. The van der Waals surface area contributed by atoms with Crippen molar-refractivity contribution >= 4 is 57.9 Å². The molecule has 53 heavy (non-hydrogen) atoms. The third-order valence-electron chi connectivity index (χ3n) is 10.4. The molecule has 2 aromatic carbocycles. The SMILES string of the molecule is N#Cc1ccc2ncnc(NC3CCC(N4CCN(S(=O)(=O)CCOCBOc5ccc6c(c5)C(=O)N(C5CCC(=O)NC5=O)C6=O)CC4)CC3)c2c1. The fourth-order valence-electron chi connectivity index (χ4n) is 7.52. The average Bonchev–Trinajstić information content (AvgIpc) is 3.41. The predicted octanol–water partition coefficient (Wildman–Crippen LogP) is 0.978. The van der Waals surface area contributed by atoms with Crippen molar-refractivity contribution in [1.29, 1.82) is 5.26 Å². The fraction of sp³-hybridized carbons (Fsp3) is 0.457. The van der Waals surface area contributed by atoms with E-state index >= 15 is 0 Å². The van der Waals surface area contributed by atoms with Crippen molar-refractivity contribution < 1.29 is 37.0 Å². The largest absolute Gasteiger partial charge is 0.562 e. The van der Waals surface area contributed by atoms with Gasteiger partial charge in [-0.25, -0.2) is 18.4 Å². The lowest BCUT2D eigenvalue weighted by molar-refractivity contribution is -0.136. The summed E-state index contributed by atoms with van der Waals surface area (Å²) in [6, 6.07) is 11.6. The van der Waals surface area contributed by atoms with Gasteiger partial charge in [-0.1, -0.05) is 0 Å². The lowest BCUT2D eigenvalue weighted by Gasteiger charge is -2.41. The second kappa shape index (κ2) is 15.6. The number of nitrogens with zero attached hydrogens (tertiary/aromatic N) is 6. The van der Waals surface area contributed by atoms with E-state index in [2.05, 4.69) is 31.6 Å². The normalized spacial score (nSPS) is 22.7. The van der Waals surface area contributed by atoms with Crippen molar-refractivity contribution in [2.24, 2.45) is 0 Å². The standard InChI is InChI=1S/C35H39BN8O8S/c37-19-22-1-8-29-28(17-22)32(39-21-38-29)40-23-2-4-24(5-3-23)42-11-13-43(14-12-42)53(49,50)16-15-51-20-36-52-25-6-7-26-27(18-25)35(48)44(34(26)47)30-9-10-31(45)41-33(30)46/h1,6-8,17-18,21,23-24,30,36H,2-5,9-16,20H2,(H,38,39,40)(H,41,45,46). The van der Waals surface area contributed by atoms with Gasteiger partial charge in [0.25, 0.3) is 11.8 Å². The molecule has 3 aliphatic heterocycles. The Morgan fingerprint density at radius 2 is 1.72 bits per heavy atom. The molecule has 4 heterocycles. The number of nitriles is 1. The number of ether oxygens (including phenoxy) is 1. The van der Waals surface area contributed by atoms with E-state index in [1.165, 1.54) is 22.8 Å². The van der Waals surface area contributed by atoms with Gasteiger partial charge in [0, 0.05) is 50.1 Å². The van der Waals surface area contributed by atoms with E-state index < -0.39 is 39.7 Å². The van der Waals surface area contributed by atoms with E-state index in [1.54, 1.807) is 12.1 Å². The van der Waals surface area contributed by atoms with Crippen LogP contribution in [-0.2, 0) is 24.3 Å². The van der Waals surface area contributed by atoms with E-state index in [0.29, 0.717) is 43.5 Å². The number of piperidine rings is 1. The highest BCUT2D eigenvalue weighted by Gasteiger charge is 2.44. The maximum Gasteiger partial charge on any atom is 0.366 e. The molecule has 7 rings (SSSR count). The van der Waals surface area contributed by atoms with Crippen molar-refractivity contribution in [2.75, 3.05) is 50.4 Å². The average molecular weight is 743 g/mol. The minimum absolute atomic E-state index is 0.000453. The first-order valence-corrected chi connectivity index (χ1v) is 19.4. The Hall–Kier alpha value is -4.96. The number of fused-ring (bicyclic) bond motifs is 2. The van der Waals surface area contributed by atoms with Crippen LogP contribution in [0.25, 0.3) is 10.9 Å². The molecule has 2 N–H and O–H groups in total. The van der Waals surface area contributed by atoms with E-state index in [1.807, 2.05) is 12.1 Å². The summed E-state index contributed by atoms with van der Waals surface area (Å²) in [5.41, 5.74) is 1.62. The molecule has 4 aliphatic rings. The molecule has 2 saturated heterocycles. The van der Waals surface area contributed by atoms with Gasteiger partial charge in [-0.2, -0.15) is 9.57 Å². The topological polar surface area (TPSA) is 204 Å². The summed E-state index contributed by atoms with van der Waals surface area (Å²) in [4.78, 5) is 61.7. The Balaban J connectivity index is 0.804. The lowest BCUT2D eigenvalue weighted by Crippen LogP contribution is -2.54. The van der Waals surface area contributed by atoms with Crippen molar-refractivity contribution in [2.45, 2.75) is 56.7 Å². The highest BCUT2D eigenvalue weighted by atomic mass is 32.2. The molecule has 1 aromatic heterocycles. The number of rotatable bonds is 12. The van der Waals surface area contributed by atoms with Crippen LogP contribution in [0.3, 0.4) is 0 Å². The summed E-state index contributed by atoms with van der Waals surface area (Å²) in [6.07, 6.45) is 5.55. The Labute approximate surface area is 307 Å². The summed E-state index contributed by atoms with van der Waals surface area (Å²) < 4.78 is 38.9. The summed E-state index contributed by atoms with van der Waals surface area (Å²) in [5, 5.41) is 15.9. The zero-order chi connectivity index (χ0) is 37.1. The highest BCUT2D eigenvalue weighted by Crippen LogP contribution is 2.31. The first kappa shape index (κ1) is 36.4. The first-order valence-electron chi connectivity index (χ1n) is 17.8. The molecule has 1 atom stereocenters. The maximum absolute atomic E-state index is 13.1. The van der Waals surface area contributed by atoms with Crippen LogP contribution in [-0.4, -0.2) is 127 Å². The van der Waals surface area contributed by atoms with Crippen LogP contribution < -0.4 is 15.3 Å². The second-order valence-electron chi connectivity index (χ2n) is 13.6. The van der Waals surface area contributed by atoms with E-state index in [9.17, 15) is 32.9 Å². The van der Waals surface area contributed by atoms with Crippen molar-refractivity contribution in [3.05, 3.63) is 59.4 Å². The highest BCUT2D eigenvalue weighted by molar-refractivity contribution is 7.89. The monoisotopic (exact) mass is 742 g/mol. The summed E-state index contributed by atoms with van der Waals surface area (Å²) in [5.74, 6) is -1.43. The molecule has 16 nitrogen and oxygen atoms in total. The number of aromatic nitrogens is 2. The number of hydrogen-bond donors (Lipinski definition) is 2. The number of sulfonamides is 1. The first-order chi connectivity index (χ1) is 25.6. The number of benzene rings is 2. The molecular weight excluding hydrogens is 703 g/mol. The molecule has 3 aromatic rings. The summed E-state index contributed by atoms with van der Waals surface area (Å²) in [7, 11) is -3.42.